The number of carbonyl (C=O) groups excluding carboxylic acids is 1. The molecule has 3 aromatic rings. The van der Waals surface area contributed by atoms with E-state index in [4.69, 9.17) is 4.74 Å². The third-order valence-electron chi connectivity index (χ3n) is 4.51. The number of hydrogen-bond donors (Lipinski definition) is 2. The third-order valence-corrected chi connectivity index (χ3v) is 5.91. The number of nitrogens with one attached hydrogen (secondary N) is 2. The van der Waals surface area contributed by atoms with Crippen LogP contribution in [0.2, 0.25) is 0 Å². The van der Waals surface area contributed by atoms with Crippen molar-refractivity contribution >= 4 is 21.6 Å². The second kappa shape index (κ2) is 9.56. The zero-order valence-corrected chi connectivity index (χ0v) is 17.7. The zero-order valence-electron chi connectivity index (χ0n) is 16.9. The van der Waals surface area contributed by atoms with Crippen LogP contribution < -0.4 is 14.8 Å². The number of anilines is 1. The number of carbonyl (C=O) groups is 1. The van der Waals surface area contributed by atoms with E-state index in [9.17, 15) is 13.2 Å². The minimum Gasteiger partial charge on any atom is -0.492 e. The Morgan fingerprint density at radius 1 is 0.967 bits per heavy atom. The largest absolute Gasteiger partial charge is 0.492 e. The first-order valence-electron chi connectivity index (χ1n) is 9.58. The van der Waals surface area contributed by atoms with Crippen LogP contribution in [0.5, 0.6) is 5.75 Å². The van der Waals surface area contributed by atoms with Crippen LogP contribution in [0.15, 0.2) is 77.7 Å². The molecule has 0 spiro atoms. The van der Waals surface area contributed by atoms with Gasteiger partial charge < -0.3 is 10.1 Å². The molecule has 2 N–H and O–H groups in total. The second-order valence-electron chi connectivity index (χ2n) is 6.67. The number of amides is 1. The SMILES string of the molecule is CCOc1ccccc1NC(=O)c1cc(S(=O)(=O)NCc2ccccc2)ccc1C. The van der Waals surface area contributed by atoms with Crippen molar-refractivity contribution in [3.05, 3.63) is 89.5 Å². The summed E-state index contributed by atoms with van der Waals surface area (Å²) in [5.41, 5.74) is 2.32. The molecule has 1 amide bonds. The molecule has 0 heterocycles. The van der Waals surface area contributed by atoms with Crippen LogP contribution in [-0.4, -0.2) is 20.9 Å². The molecule has 3 aromatic carbocycles. The van der Waals surface area contributed by atoms with Gasteiger partial charge >= 0.3 is 0 Å². The summed E-state index contributed by atoms with van der Waals surface area (Å²) in [6, 6.07) is 20.9. The Labute approximate surface area is 177 Å². The Kier molecular flexibility index (Phi) is 6.87. The Morgan fingerprint density at radius 3 is 2.40 bits per heavy atom. The van der Waals surface area contributed by atoms with E-state index in [1.54, 1.807) is 31.2 Å². The van der Waals surface area contributed by atoms with Gasteiger partial charge in [0, 0.05) is 12.1 Å². The topological polar surface area (TPSA) is 84.5 Å². The average Bonchev–Trinajstić information content (AvgIpc) is 2.75. The lowest BCUT2D eigenvalue weighted by molar-refractivity contribution is 0.102. The molecule has 156 valence electrons. The van der Waals surface area contributed by atoms with Gasteiger partial charge in [0.05, 0.1) is 17.2 Å². The fourth-order valence-corrected chi connectivity index (χ4v) is 3.95. The highest BCUT2D eigenvalue weighted by atomic mass is 32.2. The van der Waals surface area contributed by atoms with E-state index < -0.39 is 15.9 Å². The highest BCUT2D eigenvalue weighted by molar-refractivity contribution is 7.89. The van der Waals surface area contributed by atoms with Gasteiger partial charge in [-0.3, -0.25) is 4.79 Å². The van der Waals surface area contributed by atoms with Crippen molar-refractivity contribution in [3.63, 3.8) is 0 Å². The minimum absolute atomic E-state index is 0.0345. The summed E-state index contributed by atoms with van der Waals surface area (Å²) in [5, 5.41) is 2.81. The first-order chi connectivity index (χ1) is 14.4. The zero-order chi connectivity index (χ0) is 21.6. The number of para-hydroxylation sites is 2. The third kappa shape index (κ3) is 5.25. The molecule has 7 heteroatoms. The van der Waals surface area contributed by atoms with Crippen molar-refractivity contribution in [3.8, 4) is 5.75 Å². The molecule has 30 heavy (non-hydrogen) atoms. The Morgan fingerprint density at radius 2 is 1.67 bits per heavy atom. The molecular weight excluding hydrogens is 400 g/mol. The minimum atomic E-state index is -3.78. The number of sulfonamides is 1. The van der Waals surface area contributed by atoms with Crippen molar-refractivity contribution in [2.24, 2.45) is 0 Å². The first-order valence-corrected chi connectivity index (χ1v) is 11.1. The van der Waals surface area contributed by atoms with Crippen LogP contribution in [0.3, 0.4) is 0 Å². The smallest absolute Gasteiger partial charge is 0.256 e. The Hall–Kier alpha value is -3.16. The molecule has 3 rings (SSSR count). The molecular formula is C23H24N2O4S. The average molecular weight is 425 g/mol. The lowest BCUT2D eigenvalue weighted by Gasteiger charge is -2.13. The molecule has 0 saturated heterocycles. The maximum absolute atomic E-state index is 12.9. The van der Waals surface area contributed by atoms with E-state index in [1.807, 2.05) is 43.3 Å². The maximum Gasteiger partial charge on any atom is 0.256 e. The number of benzene rings is 3. The molecule has 0 fully saturated rings. The Bertz CT molecular complexity index is 1130. The number of aryl methyl sites for hydroxylation is 1. The summed E-state index contributed by atoms with van der Waals surface area (Å²) >= 11 is 0. The molecule has 6 nitrogen and oxygen atoms in total. The molecule has 0 saturated carbocycles. The highest BCUT2D eigenvalue weighted by Crippen LogP contribution is 2.25. The molecule has 0 aliphatic carbocycles. The lowest BCUT2D eigenvalue weighted by atomic mass is 10.1. The summed E-state index contributed by atoms with van der Waals surface area (Å²) in [5.74, 6) is 0.152. The van der Waals surface area contributed by atoms with Crippen LogP contribution in [0.25, 0.3) is 0 Å². The van der Waals surface area contributed by atoms with Crippen LogP contribution >= 0.6 is 0 Å². The van der Waals surface area contributed by atoms with E-state index in [1.165, 1.54) is 12.1 Å². The van der Waals surface area contributed by atoms with Crippen molar-refractivity contribution in [1.82, 2.24) is 4.72 Å². The quantitative estimate of drug-likeness (QED) is 0.570. The molecule has 0 aromatic heterocycles. The monoisotopic (exact) mass is 424 g/mol. The Balaban J connectivity index is 1.81. The van der Waals surface area contributed by atoms with Gasteiger partial charge in [0.1, 0.15) is 5.75 Å². The first kappa shape index (κ1) is 21.5. The van der Waals surface area contributed by atoms with Crippen LogP contribution in [0, 0.1) is 6.92 Å². The van der Waals surface area contributed by atoms with Gasteiger partial charge in [0.2, 0.25) is 10.0 Å². The van der Waals surface area contributed by atoms with Crippen LogP contribution in [-0.2, 0) is 16.6 Å². The van der Waals surface area contributed by atoms with E-state index >= 15 is 0 Å². The number of ether oxygens (including phenoxy) is 1. The molecule has 0 radical (unpaired) electrons. The number of hydrogen-bond acceptors (Lipinski definition) is 4. The van der Waals surface area contributed by atoms with Gasteiger partial charge in [0.15, 0.2) is 0 Å². The fraction of sp³-hybridized carbons (Fsp3) is 0.174. The van der Waals surface area contributed by atoms with E-state index in [-0.39, 0.29) is 17.0 Å². The van der Waals surface area contributed by atoms with Gasteiger partial charge in [-0.1, -0.05) is 48.5 Å². The van der Waals surface area contributed by atoms with E-state index in [2.05, 4.69) is 10.0 Å². The summed E-state index contributed by atoms with van der Waals surface area (Å²) in [6.07, 6.45) is 0. The van der Waals surface area contributed by atoms with Gasteiger partial charge in [-0.2, -0.15) is 0 Å². The standard InChI is InChI=1S/C23H24N2O4S/c1-3-29-22-12-8-7-11-21(22)25-23(26)20-15-19(14-13-17(20)2)30(27,28)24-16-18-9-5-4-6-10-18/h4-15,24H,3,16H2,1-2H3,(H,25,26). The van der Waals surface area contributed by atoms with Gasteiger partial charge in [-0.15, -0.1) is 0 Å². The van der Waals surface area contributed by atoms with Crippen molar-refractivity contribution in [2.75, 3.05) is 11.9 Å². The second-order valence-corrected chi connectivity index (χ2v) is 8.44. The van der Waals surface area contributed by atoms with Crippen molar-refractivity contribution in [1.29, 1.82) is 0 Å². The molecule has 0 bridgehead atoms. The molecule has 0 unspecified atom stereocenters. The normalized spacial score (nSPS) is 11.1. The summed E-state index contributed by atoms with van der Waals surface area (Å²) < 4.78 is 33.6. The summed E-state index contributed by atoms with van der Waals surface area (Å²) in [6.45, 7) is 4.25. The van der Waals surface area contributed by atoms with E-state index in [0.717, 1.165) is 5.56 Å². The van der Waals surface area contributed by atoms with Crippen molar-refractivity contribution in [2.45, 2.75) is 25.3 Å². The maximum atomic E-state index is 12.9. The van der Waals surface area contributed by atoms with Crippen LogP contribution in [0.4, 0.5) is 5.69 Å². The predicted octanol–water partition coefficient (Wildman–Crippen LogP) is 4.12. The van der Waals surface area contributed by atoms with Gasteiger partial charge in [-0.25, -0.2) is 13.1 Å². The predicted molar refractivity (Wildman–Crippen MR) is 117 cm³/mol. The molecule has 0 atom stereocenters. The molecule has 0 aliphatic rings. The highest BCUT2D eigenvalue weighted by Gasteiger charge is 2.19. The van der Waals surface area contributed by atoms with Gasteiger partial charge in [-0.05, 0) is 49.2 Å². The van der Waals surface area contributed by atoms with E-state index in [0.29, 0.717) is 23.6 Å². The van der Waals surface area contributed by atoms with Gasteiger partial charge in [0.25, 0.3) is 5.91 Å². The number of rotatable bonds is 8. The summed E-state index contributed by atoms with van der Waals surface area (Å²) in [4.78, 5) is 12.9. The molecule has 0 aliphatic heterocycles. The van der Waals surface area contributed by atoms with Crippen molar-refractivity contribution < 1.29 is 17.9 Å². The summed E-state index contributed by atoms with van der Waals surface area (Å²) in [7, 11) is -3.78. The van der Waals surface area contributed by atoms with Crippen LogP contribution in [0.1, 0.15) is 28.4 Å². The fourth-order valence-electron chi connectivity index (χ4n) is 2.91. The lowest BCUT2D eigenvalue weighted by Crippen LogP contribution is -2.24.